The monoisotopic (exact) mass is 266 g/mol. The Bertz CT molecular complexity index is 496. The number of anilines is 2. The average Bonchev–Trinajstić information content (AvgIpc) is 2.41. The molecule has 1 aromatic heterocycles. The number of rotatable bonds is 4. The number of nitrogens with zero attached hydrogens (tertiary/aromatic N) is 2. The molecule has 1 amide bonds. The second-order valence-corrected chi connectivity index (χ2v) is 4.18. The molecule has 0 aromatic carbocycles. The van der Waals surface area contributed by atoms with Gasteiger partial charge in [-0.15, -0.1) is 0 Å². The highest BCUT2D eigenvalue weighted by atomic mass is 16.6. The fourth-order valence-electron chi connectivity index (χ4n) is 1.83. The van der Waals surface area contributed by atoms with Gasteiger partial charge in [-0.1, -0.05) is 0 Å². The molecule has 2 rings (SSSR count). The van der Waals surface area contributed by atoms with E-state index in [0.29, 0.717) is 25.2 Å². The Morgan fingerprint density at radius 2 is 2.21 bits per heavy atom. The lowest BCUT2D eigenvalue weighted by Gasteiger charge is -2.23. The summed E-state index contributed by atoms with van der Waals surface area (Å²) in [6.45, 7) is 0.467. The van der Waals surface area contributed by atoms with Gasteiger partial charge in [0, 0.05) is 19.0 Å². The van der Waals surface area contributed by atoms with Gasteiger partial charge >= 0.3 is 0 Å². The van der Waals surface area contributed by atoms with Crippen LogP contribution in [0.5, 0.6) is 0 Å². The van der Waals surface area contributed by atoms with Crippen LogP contribution in [0.4, 0.5) is 17.3 Å². The summed E-state index contributed by atoms with van der Waals surface area (Å²) in [5, 5.41) is 16.5. The topological polar surface area (TPSA) is 135 Å². The number of hydrogen-bond acceptors (Lipinski definition) is 7. The lowest BCUT2D eigenvalue weighted by molar-refractivity contribution is -0.384. The molecular weight excluding hydrogens is 252 g/mol. The smallest absolute Gasteiger partial charge is 0.276 e. The molecule has 0 aliphatic carbocycles. The van der Waals surface area contributed by atoms with Crippen LogP contribution in [0, 0.1) is 10.1 Å². The van der Waals surface area contributed by atoms with E-state index < -0.39 is 4.92 Å². The van der Waals surface area contributed by atoms with Crippen LogP contribution in [-0.4, -0.2) is 28.4 Å². The van der Waals surface area contributed by atoms with Crippen molar-refractivity contribution in [3.8, 4) is 0 Å². The van der Waals surface area contributed by atoms with Gasteiger partial charge in [0.05, 0.1) is 17.1 Å². The minimum Gasteiger partial charge on any atom is -0.365 e. The number of carbonyl (C=O) groups excluding carboxylic acids is 1. The van der Waals surface area contributed by atoms with Crippen molar-refractivity contribution in [3.05, 3.63) is 22.2 Å². The molecule has 1 aliphatic rings. The van der Waals surface area contributed by atoms with Crippen molar-refractivity contribution < 1.29 is 9.72 Å². The molecule has 0 bridgehead atoms. The summed E-state index contributed by atoms with van der Waals surface area (Å²) in [5.41, 5.74) is 2.18. The number of hydrogen-bond donors (Lipinski definition) is 4. The molecule has 1 unspecified atom stereocenters. The molecule has 9 nitrogen and oxygen atoms in total. The number of aromatic nitrogens is 1. The van der Waals surface area contributed by atoms with E-state index in [1.54, 1.807) is 0 Å². The number of nitro groups is 1. The normalized spacial score (nSPS) is 18.6. The molecule has 1 aromatic rings. The van der Waals surface area contributed by atoms with Crippen LogP contribution in [0.25, 0.3) is 0 Å². The quantitative estimate of drug-likeness (QED) is 0.341. The third-order valence-electron chi connectivity index (χ3n) is 2.79. The summed E-state index contributed by atoms with van der Waals surface area (Å²) < 4.78 is 0. The molecule has 9 heteroatoms. The molecule has 1 atom stereocenters. The minimum absolute atomic E-state index is 0.00201. The molecular formula is C10H14N6O3. The number of nitrogen functional groups attached to an aromatic ring is 1. The SMILES string of the molecule is NNc1cc([N+](=O)[O-])cc(NC2CCC(=O)NC2)n1. The van der Waals surface area contributed by atoms with E-state index in [0.717, 1.165) is 0 Å². The van der Waals surface area contributed by atoms with Crippen LogP contribution in [0.2, 0.25) is 0 Å². The first-order valence-corrected chi connectivity index (χ1v) is 5.75. The van der Waals surface area contributed by atoms with Crippen LogP contribution in [0.3, 0.4) is 0 Å². The van der Waals surface area contributed by atoms with Gasteiger partial charge in [-0.25, -0.2) is 10.8 Å². The number of piperidine rings is 1. The molecule has 19 heavy (non-hydrogen) atoms. The number of pyridine rings is 1. The highest BCUT2D eigenvalue weighted by Gasteiger charge is 2.19. The first kappa shape index (κ1) is 13.0. The number of carbonyl (C=O) groups is 1. The average molecular weight is 266 g/mol. The fourth-order valence-corrected chi connectivity index (χ4v) is 1.83. The number of amides is 1. The van der Waals surface area contributed by atoms with Gasteiger partial charge in [-0.3, -0.25) is 14.9 Å². The van der Waals surface area contributed by atoms with Crippen molar-refractivity contribution in [2.75, 3.05) is 17.3 Å². The standard InChI is InChI=1S/C10H14N6O3/c11-15-9-4-7(16(18)19)3-8(14-9)13-6-1-2-10(17)12-5-6/h3-4,6H,1-2,5,11H2,(H,12,17)(H2,13,14,15). The summed E-state index contributed by atoms with van der Waals surface area (Å²) in [5.74, 6) is 5.78. The van der Waals surface area contributed by atoms with E-state index in [9.17, 15) is 14.9 Å². The van der Waals surface area contributed by atoms with Gasteiger partial charge < -0.3 is 16.1 Å². The molecule has 1 fully saturated rings. The first-order chi connectivity index (χ1) is 9.08. The number of nitrogens with two attached hydrogens (primary N) is 1. The van der Waals surface area contributed by atoms with E-state index >= 15 is 0 Å². The fraction of sp³-hybridized carbons (Fsp3) is 0.400. The van der Waals surface area contributed by atoms with E-state index in [1.165, 1.54) is 12.1 Å². The molecule has 0 spiro atoms. The van der Waals surface area contributed by atoms with Crippen molar-refractivity contribution in [2.45, 2.75) is 18.9 Å². The van der Waals surface area contributed by atoms with Gasteiger partial charge in [-0.2, -0.15) is 0 Å². The second kappa shape index (κ2) is 5.48. The van der Waals surface area contributed by atoms with Gasteiger partial charge in [-0.05, 0) is 6.42 Å². The predicted octanol–water partition coefficient (Wildman–Crippen LogP) is -0.0341. The highest BCUT2D eigenvalue weighted by molar-refractivity contribution is 5.77. The van der Waals surface area contributed by atoms with Crippen molar-refractivity contribution in [1.29, 1.82) is 0 Å². The molecule has 2 heterocycles. The van der Waals surface area contributed by atoms with E-state index in [2.05, 4.69) is 21.0 Å². The zero-order valence-electron chi connectivity index (χ0n) is 10.0. The van der Waals surface area contributed by atoms with Crippen LogP contribution < -0.4 is 21.9 Å². The molecule has 1 aliphatic heterocycles. The second-order valence-electron chi connectivity index (χ2n) is 4.18. The molecule has 0 saturated carbocycles. The Morgan fingerprint density at radius 1 is 1.47 bits per heavy atom. The zero-order chi connectivity index (χ0) is 13.8. The molecule has 0 radical (unpaired) electrons. The van der Waals surface area contributed by atoms with Crippen molar-refractivity contribution in [3.63, 3.8) is 0 Å². The Morgan fingerprint density at radius 3 is 2.79 bits per heavy atom. The number of nitrogens with one attached hydrogen (secondary N) is 3. The maximum absolute atomic E-state index is 11.0. The highest BCUT2D eigenvalue weighted by Crippen LogP contribution is 2.21. The van der Waals surface area contributed by atoms with Crippen LogP contribution in [0.1, 0.15) is 12.8 Å². The largest absolute Gasteiger partial charge is 0.365 e. The maximum Gasteiger partial charge on any atom is 0.276 e. The van der Waals surface area contributed by atoms with Crippen LogP contribution in [0.15, 0.2) is 12.1 Å². The van der Waals surface area contributed by atoms with E-state index in [1.807, 2.05) is 0 Å². The van der Waals surface area contributed by atoms with E-state index in [4.69, 9.17) is 5.84 Å². The lowest BCUT2D eigenvalue weighted by atomic mass is 10.1. The van der Waals surface area contributed by atoms with E-state index in [-0.39, 0.29) is 23.5 Å². The summed E-state index contributed by atoms with van der Waals surface area (Å²) in [6.07, 6.45) is 1.08. The van der Waals surface area contributed by atoms with Crippen molar-refractivity contribution >= 4 is 23.2 Å². The van der Waals surface area contributed by atoms with Gasteiger partial charge in [0.15, 0.2) is 0 Å². The van der Waals surface area contributed by atoms with Gasteiger partial charge in [0.25, 0.3) is 5.69 Å². The zero-order valence-corrected chi connectivity index (χ0v) is 10.0. The minimum atomic E-state index is -0.518. The first-order valence-electron chi connectivity index (χ1n) is 5.75. The number of hydrazine groups is 1. The summed E-state index contributed by atoms with van der Waals surface area (Å²) in [6, 6.07) is 2.57. The predicted molar refractivity (Wildman–Crippen MR) is 68.4 cm³/mol. The molecule has 102 valence electrons. The Balaban J connectivity index is 2.12. The van der Waals surface area contributed by atoms with Crippen molar-refractivity contribution in [1.82, 2.24) is 10.3 Å². The Kier molecular flexibility index (Phi) is 3.76. The molecule has 1 saturated heterocycles. The molecule has 5 N–H and O–H groups in total. The summed E-state index contributed by atoms with van der Waals surface area (Å²) >= 11 is 0. The third-order valence-corrected chi connectivity index (χ3v) is 2.79. The van der Waals surface area contributed by atoms with Crippen LogP contribution in [-0.2, 0) is 4.79 Å². The van der Waals surface area contributed by atoms with Gasteiger partial charge in [0.2, 0.25) is 5.91 Å². The van der Waals surface area contributed by atoms with Crippen molar-refractivity contribution in [2.24, 2.45) is 5.84 Å². The maximum atomic E-state index is 11.0. The Labute approximate surface area is 108 Å². The summed E-state index contributed by atoms with van der Waals surface area (Å²) in [7, 11) is 0. The Hall–Kier alpha value is -2.42. The lowest BCUT2D eigenvalue weighted by Crippen LogP contribution is -2.42. The summed E-state index contributed by atoms with van der Waals surface area (Å²) in [4.78, 5) is 25.4. The van der Waals surface area contributed by atoms with Gasteiger partial charge in [0.1, 0.15) is 11.6 Å². The van der Waals surface area contributed by atoms with Crippen LogP contribution >= 0.6 is 0 Å². The third kappa shape index (κ3) is 3.28.